The zero-order chi connectivity index (χ0) is 13.8. The Kier molecular flexibility index (Phi) is 3.59. The van der Waals surface area contributed by atoms with Crippen LogP contribution in [0.25, 0.3) is 0 Å². The fourth-order valence-electron chi connectivity index (χ4n) is 2.59. The summed E-state index contributed by atoms with van der Waals surface area (Å²) in [7, 11) is 0. The number of rotatable bonds is 3. The summed E-state index contributed by atoms with van der Waals surface area (Å²) in [4.78, 5) is 8.13. The number of aromatic amines is 1. The minimum atomic E-state index is 0.314. The van der Waals surface area contributed by atoms with E-state index in [1.54, 1.807) is 6.20 Å². The first-order valence-electron chi connectivity index (χ1n) is 6.88. The van der Waals surface area contributed by atoms with Gasteiger partial charge in [-0.2, -0.15) is 10.4 Å². The average molecular weight is 268 g/mol. The maximum Gasteiger partial charge on any atom is 0.182 e. The summed E-state index contributed by atoms with van der Waals surface area (Å²) in [5.41, 5.74) is 3.93. The number of nitrogens with zero attached hydrogens (tertiary/aromatic N) is 4. The number of fused-ring (bicyclic) bond motifs is 1. The molecule has 0 bridgehead atoms. The number of nitriles is 1. The number of hydrogen-bond acceptors (Lipinski definition) is 5. The van der Waals surface area contributed by atoms with Crippen molar-refractivity contribution in [3.63, 3.8) is 0 Å². The zero-order valence-corrected chi connectivity index (χ0v) is 11.2. The van der Waals surface area contributed by atoms with Gasteiger partial charge >= 0.3 is 0 Å². The van der Waals surface area contributed by atoms with E-state index in [0.29, 0.717) is 18.1 Å². The minimum Gasteiger partial charge on any atom is -0.362 e. The predicted molar refractivity (Wildman–Crippen MR) is 73.9 cm³/mol. The van der Waals surface area contributed by atoms with Crippen molar-refractivity contribution < 1.29 is 0 Å². The molecule has 2 N–H and O–H groups in total. The Morgan fingerprint density at radius 3 is 2.95 bits per heavy atom. The molecule has 0 saturated carbocycles. The Bertz CT molecular complexity index is 639. The van der Waals surface area contributed by atoms with Gasteiger partial charge in [-0.25, -0.2) is 9.97 Å². The molecule has 1 aliphatic carbocycles. The van der Waals surface area contributed by atoms with Crippen molar-refractivity contribution >= 4 is 5.82 Å². The molecule has 0 atom stereocenters. The van der Waals surface area contributed by atoms with Crippen LogP contribution in [-0.2, 0) is 19.4 Å². The van der Waals surface area contributed by atoms with E-state index in [9.17, 15) is 0 Å². The van der Waals surface area contributed by atoms with Gasteiger partial charge in [0, 0.05) is 18.1 Å². The fraction of sp³-hybridized carbons (Fsp3) is 0.429. The molecule has 0 aromatic carbocycles. The van der Waals surface area contributed by atoms with Crippen LogP contribution in [0.1, 0.15) is 41.9 Å². The summed E-state index contributed by atoms with van der Waals surface area (Å²) in [6.07, 6.45) is 8.97. The summed E-state index contributed by atoms with van der Waals surface area (Å²) in [6, 6.07) is 2.03. The highest BCUT2D eigenvalue weighted by Crippen LogP contribution is 2.22. The van der Waals surface area contributed by atoms with Gasteiger partial charge in [-0.05, 0) is 31.2 Å². The molecule has 3 rings (SSSR count). The molecule has 0 aliphatic heterocycles. The van der Waals surface area contributed by atoms with Crippen LogP contribution in [0.2, 0.25) is 0 Å². The summed E-state index contributed by atoms with van der Waals surface area (Å²) in [5, 5.41) is 19.7. The molecule has 1 aliphatic rings. The Hall–Kier alpha value is -2.42. The van der Waals surface area contributed by atoms with E-state index in [1.165, 1.54) is 36.7 Å². The molecular formula is C14H16N6. The molecule has 0 saturated heterocycles. The molecule has 102 valence electrons. The van der Waals surface area contributed by atoms with E-state index < -0.39 is 0 Å². The third-order valence-corrected chi connectivity index (χ3v) is 3.62. The number of aryl methyl sites for hydroxylation is 1. The van der Waals surface area contributed by atoms with Gasteiger partial charge in [0.25, 0.3) is 0 Å². The van der Waals surface area contributed by atoms with Crippen molar-refractivity contribution in [3.05, 3.63) is 35.0 Å². The number of H-pyrrole nitrogens is 1. The SMILES string of the molecule is N#Cc1nccnc1NCc1n[nH]c2c1CCCCC2. The lowest BCUT2D eigenvalue weighted by molar-refractivity contribution is 0.699. The molecule has 6 nitrogen and oxygen atoms in total. The maximum absolute atomic E-state index is 8.99. The number of hydrogen-bond donors (Lipinski definition) is 2. The molecule has 6 heteroatoms. The lowest BCUT2D eigenvalue weighted by atomic mass is 10.1. The summed E-state index contributed by atoms with van der Waals surface area (Å²) in [5.74, 6) is 0.514. The molecule has 2 aromatic rings. The first kappa shape index (κ1) is 12.6. The molecule has 0 amide bonds. The Balaban J connectivity index is 1.76. The van der Waals surface area contributed by atoms with Gasteiger partial charge in [0.1, 0.15) is 6.07 Å². The number of anilines is 1. The zero-order valence-electron chi connectivity index (χ0n) is 11.2. The van der Waals surface area contributed by atoms with Gasteiger partial charge in [-0.15, -0.1) is 0 Å². The van der Waals surface area contributed by atoms with Gasteiger partial charge in [0.05, 0.1) is 12.2 Å². The molecule has 20 heavy (non-hydrogen) atoms. The quantitative estimate of drug-likeness (QED) is 0.830. The van der Waals surface area contributed by atoms with Crippen molar-refractivity contribution in [2.45, 2.75) is 38.6 Å². The van der Waals surface area contributed by atoms with Crippen LogP contribution in [0.5, 0.6) is 0 Å². The van der Waals surface area contributed by atoms with Crippen LogP contribution < -0.4 is 5.32 Å². The molecule has 0 unspecified atom stereocenters. The molecule has 0 radical (unpaired) electrons. The van der Waals surface area contributed by atoms with Crippen molar-refractivity contribution in [2.75, 3.05) is 5.32 Å². The highest BCUT2D eigenvalue weighted by molar-refractivity contribution is 5.47. The van der Waals surface area contributed by atoms with Crippen LogP contribution in [0.15, 0.2) is 12.4 Å². The summed E-state index contributed by atoms with van der Waals surface area (Å²) in [6.45, 7) is 0.569. The number of aromatic nitrogens is 4. The van der Waals surface area contributed by atoms with Gasteiger partial charge in [0.15, 0.2) is 11.5 Å². The van der Waals surface area contributed by atoms with E-state index >= 15 is 0 Å². The predicted octanol–water partition coefficient (Wildman–Crippen LogP) is 1.95. The normalized spacial score (nSPS) is 14.2. The van der Waals surface area contributed by atoms with Crippen LogP contribution in [0.3, 0.4) is 0 Å². The van der Waals surface area contributed by atoms with Gasteiger partial charge in [0.2, 0.25) is 0 Å². The highest BCUT2D eigenvalue weighted by atomic mass is 15.1. The Labute approximate surface area is 117 Å². The van der Waals surface area contributed by atoms with Crippen LogP contribution in [-0.4, -0.2) is 20.2 Å². The van der Waals surface area contributed by atoms with Crippen molar-refractivity contribution in [3.8, 4) is 6.07 Å². The Morgan fingerprint density at radius 1 is 1.20 bits per heavy atom. The molecule has 0 fully saturated rings. The monoisotopic (exact) mass is 268 g/mol. The first-order valence-corrected chi connectivity index (χ1v) is 6.88. The fourth-order valence-corrected chi connectivity index (χ4v) is 2.59. The van der Waals surface area contributed by atoms with Crippen LogP contribution in [0, 0.1) is 11.3 Å². The second-order valence-electron chi connectivity index (χ2n) is 4.91. The summed E-state index contributed by atoms with van der Waals surface area (Å²) >= 11 is 0. The van der Waals surface area contributed by atoms with Crippen LogP contribution >= 0.6 is 0 Å². The second kappa shape index (κ2) is 5.70. The van der Waals surface area contributed by atoms with Crippen molar-refractivity contribution in [2.24, 2.45) is 0 Å². The highest BCUT2D eigenvalue weighted by Gasteiger charge is 2.15. The van der Waals surface area contributed by atoms with Gasteiger partial charge in [-0.1, -0.05) is 6.42 Å². The number of nitrogens with one attached hydrogen (secondary N) is 2. The van der Waals surface area contributed by atoms with E-state index in [0.717, 1.165) is 18.5 Å². The standard InChI is InChI=1S/C14H16N6/c15-8-12-14(17-7-6-16-12)18-9-13-10-4-2-1-3-5-11(10)19-20-13/h6-7H,1-5,9H2,(H,17,18)(H,19,20). The minimum absolute atomic E-state index is 0.314. The molecule has 0 spiro atoms. The van der Waals surface area contributed by atoms with E-state index in [4.69, 9.17) is 5.26 Å². The smallest absolute Gasteiger partial charge is 0.182 e. The van der Waals surface area contributed by atoms with Crippen molar-refractivity contribution in [1.82, 2.24) is 20.2 Å². The largest absolute Gasteiger partial charge is 0.362 e. The molecular weight excluding hydrogens is 252 g/mol. The molecule has 2 heterocycles. The Morgan fingerprint density at radius 2 is 2.05 bits per heavy atom. The van der Waals surface area contributed by atoms with E-state index in [1.807, 2.05) is 6.07 Å². The second-order valence-corrected chi connectivity index (χ2v) is 4.91. The van der Waals surface area contributed by atoms with Gasteiger partial charge < -0.3 is 5.32 Å². The molecule has 2 aromatic heterocycles. The third-order valence-electron chi connectivity index (χ3n) is 3.62. The van der Waals surface area contributed by atoms with E-state index in [2.05, 4.69) is 25.5 Å². The summed E-state index contributed by atoms with van der Waals surface area (Å²) < 4.78 is 0. The van der Waals surface area contributed by atoms with Crippen LogP contribution in [0.4, 0.5) is 5.82 Å². The topological polar surface area (TPSA) is 90.3 Å². The third kappa shape index (κ3) is 2.48. The van der Waals surface area contributed by atoms with E-state index in [-0.39, 0.29) is 0 Å². The lowest BCUT2D eigenvalue weighted by Crippen LogP contribution is -2.06. The maximum atomic E-state index is 8.99. The van der Waals surface area contributed by atoms with Gasteiger partial charge in [-0.3, -0.25) is 5.10 Å². The first-order chi connectivity index (χ1) is 9.88. The van der Waals surface area contributed by atoms with Crippen molar-refractivity contribution in [1.29, 1.82) is 5.26 Å². The lowest BCUT2D eigenvalue weighted by Gasteiger charge is -2.06. The average Bonchev–Trinajstić information content (AvgIpc) is 2.72.